The Hall–Kier alpha value is -4.93. The Morgan fingerprint density at radius 2 is 0.913 bits per heavy atom. The van der Waals surface area contributed by atoms with Crippen LogP contribution in [0.5, 0.6) is 0 Å². The lowest BCUT2D eigenvalue weighted by Gasteiger charge is -2.44. The van der Waals surface area contributed by atoms with Gasteiger partial charge in [-0.3, -0.25) is 0 Å². The smallest absolute Gasteiger partial charge is 0.338 e. The summed E-state index contributed by atoms with van der Waals surface area (Å²) < 4.78 is 30.0. The molecule has 1 aliphatic heterocycles. The second-order valence-corrected chi connectivity index (χ2v) is 11.5. The Morgan fingerprint density at radius 3 is 1.33 bits per heavy atom. The fourth-order valence-electron chi connectivity index (χ4n) is 4.83. The number of esters is 4. The van der Waals surface area contributed by atoms with E-state index < -0.39 is 53.7 Å². The zero-order valence-electron chi connectivity index (χ0n) is 24.9. The van der Waals surface area contributed by atoms with Crippen molar-refractivity contribution >= 4 is 35.6 Å². The van der Waals surface area contributed by atoms with Crippen molar-refractivity contribution in [3.8, 4) is 0 Å². The number of hydrogen-bond acceptors (Lipinski definition) is 10. The molecule has 9 nitrogen and oxygen atoms in total. The molecule has 1 aliphatic rings. The van der Waals surface area contributed by atoms with E-state index >= 15 is 0 Å². The van der Waals surface area contributed by atoms with Crippen LogP contribution < -0.4 is 0 Å². The van der Waals surface area contributed by atoms with E-state index in [2.05, 4.69) is 0 Å². The van der Waals surface area contributed by atoms with E-state index in [-0.39, 0.29) is 23.3 Å². The third kappa shape index (κ3) is 8.21. The van der Waals surface area contributed by atoms with Gasteiger partial charge in [-0.05, 0) is 54.3 Å². The van der Waals surface area contributed by atoms with Crippen LogP contribution in [0.2, 0.25) is 0 Å². The van der Waals surface area contributed by atoms with E-state index in [4.69, 9.17) is 23.7 Å². The predicted octanol–water partition coefficient (Wildman–Crippen LogP) is 6.00. The molecule has 0 aromatic heterocycles. The summed E-state index contributed by atoms with van der Waals surface area (Å²) in [6.45, 7) is 1.54. The molecular formula is C36H32O9S. The quantitative estimate of drug-likeness (QED) is 0.143. The molecule has 0 saturated carbocycles. The van der Waals surface area contributed by atoms with Gasteiger partial charge in [0.15, 0.2) is 18.3 Å². The fraction of sp³-hybridized carbons (Fsp3) is 0.222. The van der Waals surface area contributed by atoms with E-state index in [9.17, 15) is 19.2 Å². The first-order valence-electron chi connectivity index (χ1n) is 14.7. The third-order valence-corrected chi connectivity index (χ3v) is 8.11. The molecule has 0 radical (unpaired) electrons. The van der Waals surface area contributed by atoms with Crippen molar-refractivity contribution < 1.29 is 42.9 Å². The predicted molar refractivity (Wildman–Crippen MR) is 170 cm³/mol. The van der Waals surface area contributed by atoms with Crippen LogP contribution in [0, 0.1) is 0 Å². The van der Waals surface area contributed by atoms with Crippen molar-refractivity contribution in [1.29, 1.82) is 0 Å². The number of carbonyl (C=O) groups excluding carboxylic acids is 4. The molecule has 0 N–H and O–H groups in total. The minimum atomic E-state index is -1.34. The van der Waals surface area contributed by atoms with E-state index in [1.807, 2.05) is 6.92 Å². The molecule has 4 aromatic rings. The molecule has 5 rings (SSSR count). The first kappa shape index (κ1) is 32.5. The molecule has 0 spiro atoms. The number of rotatable bonds is 11. The van der Waals surface area contributed by atoms with Crippen LogP contribution >= 0.6 is 11.8 Å². The second-order valence-electron chi connectivity index (χ2n) is 10.2. The summed E-state index contributed by atoms with van der Waals surface area (Å²) >= 11 is 1.30. The van der Waals surface area contributed by atoms with Crippen molar-refractivity contribution in [2.24, 2.45) is 0 Å². The number of hydrogen-bond donors (Lipinski definition) is 0. The van der Waals surface area contributed by atoms with Gasteiger partial charge in [-0.15, -0.1) is 11.8 Å². The highest BCUT2D eigenvalue weighted by Crippen LogP contribution is 2.35. The molecule has 1 heterocycles. The normalized spacial score (nSPS) is 20.6. The van der Waals surface area contributed by atoms with Gasteiger partial charge in [0.2, 0.25) is 0 Å². The highest BCUT2D eigenvalue weighted by atomic mass is 32.2. The van der Waals surface area contributed by atoms with Gasteiger partial charge in [0, 0.05) is 0 Å². The van der Waals surface area contributed by atoms with Gasteiger partial charge >= 0.3 is 23.9 Å². The van der Waals surface area contributed by atoms with Gasteiger partial charge in [-0.25, -0.2) is 19.2 Å². The number of ether oxygens (including phenoxy) is 5. The third-order valence-electron chi connectivity index (χ3n) is 7.07. The number of carbonyl (C=O) groups is 4. The van der Waals surface area contributed by atoms with Crippen LogP contribution in [0.25, 0.3) is 0 Å². The minimum absolute atomic E-state index is 0.235. The monoisotopic (exact) mass is 640 g/mol. The Labute approximate surface area is 270 Å². The topological polar surface area (TPSA) is 114 Å². The molecule has 0 aliphatic carbocycles. The van der Waals surface area contributed by atoms with Gasteiger partial charge in [-0.1, -0.05) is 79.7 Å². The summed E-state index contributed by atoms with van der Waals surface area (Å²) in [5.41, 5.74) is 0.184. The average Bonchev–Trinajstić information content (AvgIpc) is 3.11. The zero-order chi connectivity index (χ0) is 32.3. The molecule has 4 aromatic carbocycles. The van der Waals surface area contributed by atoms with Crippen LogP contribution in [0.15, 0.2) is 121 Å². The Morgan fingerprint density at radius 1 is 0.543 bits per heavy atom. The molecule has 1 fully saturated rings. The lowest BCUT2D eigenvalue weighted by molar-refractivity contribution is -0.207. The maximum Gasteiger partial charge on any atom is 0.338 e. The standard InChI is InChI=1S/C36H32O9S/c1-2-46-36-31(45-35(40)27-21-13-6-14-22-27)30(44-34(39)26-19-11-5-12-20-26)29(43-33(38)25-17-9-4-10-18-25)28(42-36)23-41-32(37)24-15-7-3-8-16-24/h3-22,28-31,36H,2,23H2,1H3/t28-,29+,30-,31-,36+/m1/s1. The van der Waals surface area contributed by atoms with E-state index in [1.165, 1.54) is 11.8 Å². The van der Waals surface area contributed by atoms with Crippen LogP contribution in [0.4, 0.5) is 0 Å². The van der Waals surface area contributed by atoms with E-state index in [0.717, 1.165) is 0 Å². The van der Waals surface area contributed by atoms with Crippen molar-refractivity contribution in [3.63, 3.8) is 0 Å². The summed E-state index contributed by atoms with van der Waals surface area (Å²) in [5, 5.41) is 0. The Bertz CT molecular complexity index is 1600. The van der Waals surface area contributed by atoms with Gasteiger partial charge in [0.1, 0.15) is 18.1 Å². The van der Waals surface area contributed by atoms with Crippen molar-refractivity contribution in [3.05, 3.63) is 144 Å². The van der Waals surface area contributed by atoms with Gasteiger partial charge in [-0.2, -0.15) is 0 Å². The second kappa shape index (κ2) is 15.9. The summed E-state index contributed by atoms with van der Waals surface area (Å²) in [5.74, 6) is -2.22. The minimum Gasteiger partial charge on any atom is -0.459 e. The highest BCUT2D eigenvalue weighted by Gasteiger charge is 2.53. The van der Waals surface area contributed by atoms with Crippen LogP contribution in [0.1, 0.15) is 48.4 Å². The molecule has 5 atom stereocenters. The molecule has 0 amide bonds. The largest absolute Gasteiger partial charge is 0.459 e. The molecule has 10 heteroatoms. The highest BCUT2D eigenvalue weighted by molar-refractivity contribution is 7.99. The van der Waals surface area contributed by atoms with Crippen LogP contribution in [0.3, 0.4) is 0 Å². The van der Waals surface area contributed by atoms with E-state index in [0.29, 0.717) is 11.3 Å². The molecule has 1 saturated heterocycles. The van der Waals surface area contributed by atoms with Crippen molar-refractivity contribution in [2.45, 2.75) is 36.8 Å². The SMILES string of the molecule is CCS[C@@H]1O[C@H](COC(=O)c2ccccc2)[C@H](OC(=O)c2ccccc2)[C@@H](OC(=O)c2ccccc2)[C@H]1OC(=O)c1ccccc1. The summed E-state index contributed by atoms with van der Waals surface area (Å²) in [6, 6.07) is 33.3. The summed E-state index contributed by atoms with van der Waals surface area (Å²) in [7, 11) is 0. The maximum absolute atomic E-state index is 13.5. The van der Waals surface area contributed by atoms with Gasteiger partial charge in [0.25, 0.3) is 0 Å². The Balaban J connectivity index is 1.52. The zero-order valence-corrected chi connectivity index (χ0v) is 25.7. The summed E-state index contributed by atoms with van der Waals surface area (Å²) in [4.78, 5) is 53.2. The molecule has 0 bridgehead atoms. The first-order valence-corrected chi connectivity index (χ1v) is 15.8. The average molecular weight is 641 g/mol. The molecule has 46 heavy (non-hydrogen) atoms. The van der Waals surface area contributed by atoms with E-state index in [1.54, 1.807) is 121 Å². The van der Waals surface area contributed by atoms with Gasteiger partial charge < -0.3 is 23.7 Å². The van der Waals surface area contributed by atoms with Crippen LogP contribution in [-0.4, -0.2) is 66.1 Å². The van der Waals surface area contributed by atoms with Crippen LogP contribution in [-0.2, 0) is 23.7 Å². The molecule has 236 valence electrons. The maximum atomic E-state index is 13.5. The number of benzene rings is 4. The fourth-order valence-corrected chi connectivity index (χ4v) is 5.78. The van der Waals surface area contributed by atoms with Gasteiger partial charge in [0.05, 0.1) is 22.3 Å². The lowest BCUT2D eigenvalue weighted by Crippen LogP contribution is -2.61. The first-order chi connectivity index (χ1) is 22.4. The Kier molecular flexibility index (Phi) is 11.2. The summed E-state index contributed by atoms with van der Waals surface area (Å²) in [6.07, 6.45) is -4.98. The number of thioether (sulfide) groups is 1. The molecular weight excluding hydrogens is 608 g/mol. The molecule has 0 unspecified atom stereocenters. The lowest BCUT2D eigenvalue weighted by atomic mass is 9.98. The van der Waals surface area contributed by atoms with Crippen molar-refractivity contribution in [2.75, 3.05) is 12.4 Å². The van der Waals surface area contributed by atoms with Crippen molar-refractivity contribution in [1.82, 2.24) is 0 Å².